The summed E-state index contributed by atoms with van der Waals surface area (Å²) in [5.74, 6) is -0.316. The van der Waals surface area contributed by atoms with Crippen LogP contribution in [0.5, 0.6) is 0 Å². The minimum Gasteiger partial charge on any atom is -0.207 e. The molecule has 1 aromatic rings. The lowest BCUT2D eigenvalue weighted by molar-refractivity contribution is 0.629. The van der Waals surface area contributed by atoms with Crippen LogP contribution in [0.3, 0.4) is 0 Å². The van der Waals surface area contributed by atoms with Gasteiger partial charge in [0.25, 0.3) is 0 Å². The largest absolute Gasteiger partial charge is 0.207 e. The molecule has 0 aromatic heterocycles. The van der Waals surface area contributed by atoms with Gasteiger partial charge in [0, 0.05) is 0 Å². The van der Waals surface area contributed by atoms with Crippen LogP contribution >= 0.6 is 9.24 Å². The Morgan fingerprint density at radius 2 is 2.20 bits per heavy atom. The highest BCUT2D eigenvalue weighted by Gasteiger charge is 1.96. The second-order valence-electron chi connectivity index (χ2n) is 1.84. The molecule has 0 radical (unpaired) electrons. The second kappa shape index (κ2) is 2.77. The monoisotopic (exact) mass is 153 g/mol. The maximum Gasteiger partial charge on any atom is 0.123 e. The summed E-state index contributed by atoms with van der Waals surface area (Å²) < 4.78 is 12.4. The molecular formula is C7H5FNP. The fraction of sp³-hybridized carbons (Fsp3) is 0. The van der Waals surface area contributed by atoms with E-state index >= 15 is 0 Å². The van der Waals surface area contributed by atoms with Crippen LogP contribution in [0, 0.1) is 17.1 Å². The molecular weight excluding hydrogens is 148 g/mol. The van der Waals surface area contributed by atoms with Crippen molar-refractivity contribution in [3.05, 3.63) is 29.6 Å². The van der Waals surface area contributed by atoms with E-state index in [-0.39, 0.29) is 5.82 Å². The minimum absolute atomic E-state index is 0.316. The van der Waals surface area contributed by atoms with Gasteiger partial charge in [-0.1, -0.05) is 0 Å². The summed E-state index contributed by atoms with van der Waals surface area (Å²) in [7, 11) is 2.30. The smallest absolute Gasteiger partial charge is 0.123 e. The van der Waals surface area contributed by atoms with Gasteiger partial charge in [0.15, 0.2) is 0 Å². The summed E-state index contributed by atoms with van der Waals surface area (Å²) in [4.78, 5) is 0. The molecule has 0 aliphatic carbocycles. The van der Waals surface area contributed by atoms with Gasteiger partial charge in [-0.15, -0.1) is 9.24 Å². The van der Waals surface area contributed by atoms with Crippen molar-refractivity contribution in [1.82, 2.24) is 0 Å². The summed E-state index contributed by atoms with van der Waals surface area (Å²) in [5.41, 5.74) is 0.492. The highest BCUT2D eigenvalue weighted by atomic mass is 31.0. The van der Waals surface area contributed by atoms with Gasteiger partial charge in [-0.2, -0.15) is 5.26 Å². The molecule has 0 fully saturated rings. The molecule has 1 rings (SSSR count). The summed E-state index contributed by atoms with van der Waals surface area (Å²) in [5, 5.41) is 9.02. The number of halogens is 1. The Hall–Kier alpha value is -0.930. The molecule has 0 saturated carbocycles. The van der Waals surface area contributed by atoms with Crippen molar-refractivity contribution in [3.8, 4) is 6.07 Å². The molecule has 0 bridgehead atoms. The molecule has 50 valence electrons. The van der Waals surface area contributed by atoms with Crippen molar-refractivity contribution in [2.24, 2.45) is 0 Å². The Morgan fingerprint density at radius 3 is 2.70 bits per heavy atom. The first-order valence-electron chi connectivity index (χ1n) is 2.69. The van der Waals surface area contributed by atoms with Crippen molar-refractivity contribution >= 4 is 14.5 Å². The van der Waals surface area contributed by atoms with Gasteiger partial charge < -0.3 is 0 Å². The molecule has 0 saturated heterocycles. The van der Waals surface area contributed by atoms with Crippen LogP contribution in [0.15, 0.2) is 18.2 Å². The van der Waals surface area contributed by atoms with Crippen molar-refractivity contribution in [2.75, 3.05) is 0 Å². The van der Waals surface area contributed by atoms with E-state index in [1.165, 1.54) is 18.2 Å². The van der Waals surface area contributed by atoms with Gasteiger partial charge >= 0.3 is 0 Å². The van der Waals surface area contributed by atoms with Gasteiger partial charge in [0.1, 0.15) is 5.82 Å². The van der Waals surface area contributed by atoms with Crippen LogP contribution in [0.1, 0.15) is 5.56 Å². The molecule has 0 spiro atoms. The Kier molecular flexibility index (Phi) is 1.99. The molecule has 0 aliphatic heterocycles. The van der Waals surface area contributed by atoms with Gasteiger partial charge in [0.05, 0.1) is 11.6 Å². The van der Waals surface area contributed by atoms with E-state index in [4.69, 9.17) is 5.26 Å². The van der Waals surface area contributed by atoms with Crippen LogP contribution in [-0.4, -0.2) is 0 Å². The number of rotatable bonds is 0. The highest BCUT2D eigenvalue weighted by molar-refractivity contribution is 7.27. The molecule has 0 heterocycles. The molecule has 1 unspecified atom stereocenters. The van der Waals surface area contributed by atoms with Crippen LogP contribution in [0.25, 0.3) is 0 Å². The zero-order valence-electron chi connectivity index (χ0n) is 5.13. The lowest BCUT2D eigenvalue weighted by Gasteiger charge is -1.93. The van der Waals surface area contributed by atoms with Gasteiger partial charge in [-0.25, -0.2) is 4.39 Å². The number of nitriles is 1. The second-order valence-corrected chi connectivity index (χ2v) is 2.47. The molecule has 0 aliphatic rings. The lowest BCUT2D eigenvalue weighted by atomic mass is 10.2. The Bertz CT molecular complexity index is 290. The van der Waals surface area contributed by atoms with E-state index in [0.717, 1.165) is 0 Å². The molecule has 0 amide bonds. The van der Waals surface area contributed by atoms with Gasteiger partial charge in [0.2, 0.25) is 0 Å². The van der Waals surface area contributed by atoms with Crippen molar-refractivity contribution in [3.63, 3.8) is 0 Å². The quantitative estimate of drug-likeness (QED) is 0.513. The third-order valence-electron chi connectivity index (χ3n) is 1.13. The van der Waals surface area contributed by atoms with E-state index in [0.29, 0.717) is 10.9 Å². The zero-order chi connectivity index (χ0) is 7.56. The molecule has 10 heavy (non-hydrogen) atoms. The summed E-state index contributed by atoms with van der Waals surface area (Å²) in [6.45, 7) is 0. The maximum absolute atomic E-state index is 12.4. The molecule has 1 nitrogen and oxygen atoms in total. The van der Waals surface area contributed by atoms with Crippen LogP contribution in [-0.2, 0) is 0 Å². The first-order chi connectivity index (χ1) is 4.74. The molecule has 1 atom stereocenters. The van der Waals surface area contributed by atoms with E-state index < -0.39 is 0 Å². The Labute approximate surface area is 60.7 Å². The van der Waals surface area contributed by atoms with Crippen molar-refractivity contribution in [1.29, 1.82) is 5.26 Å². The van der Waals surface area contributed by atoms with Crippen LogP contribution < -0.4 is 5.30 Å². The Morgan fingerprint density at radius 1 is 1.50 bits per heavy atom. The van der Waals surface area contributed by atoms with E-state index in [1.54, 1.807) is 0 Å². The van der Waals surface area contributed by atoms with Crippen LogP contribution in [0.4, 0.5) is 4.39 Å². The average molecular weight is 153 g/mol. The predicted molar refractivity (Wildman–Crippen MR) is 40.5 cm³/mol. The summed E-state index contributed by atoms with van der Waals surface area (Å²) in [6, 6.07) is 5.97. The van der Waals surface area contributed by atoms with E-state index in [9.17, 15) is 4.39 Å². The highest BCUT2D eigenvalue weighted by Crippen LogP contribution is 2.01. The SMILES string of the molecule is N#Cc1ccc(F)cc1P. The third-order valence-corrected chi connectivity index (χ3v) is 1.61. The predicted octanol–water partition coefficient (Wildman–Crippen LogP) is 1.20. The first-order valence-corrected chi connectivity index (χ1v) is 3.27. The third kappa shape index (κ3) is 1.32. The standard InChI is InChI=1S/C7H5FNP/c8-6-2-1-5(4-9)7(10)3-6/h1-3H,10H2. The summed E-state index contributed by atoms with van der Waals surface area (Å²) >= 11 is 0. The van der Waals surface area contributed by atoms with Crippen molar-refractivity contribution in [2.45, 2.75) is 0 Å². The molecule has 3 heteroatoms. The fourth-order valence-corrected chi connectivity index (χ4v) is 0.955. The average Bonchev–Trinajstić information content (AvgIpc) is 1.88. The van der Waals surface area contributed by atoms with Gasteiger partial charge in [-0.05, 0) is 23.5 Å². The molecule has 0 N–H and O–H groups in total. The zero-order valence-corrected chi connectivity index (χ0v) is 6.29. The summed E-state index contributed by atoms with van der Waals surface area (Å²) in [6.07, 6.45) is 0. The minimum atomic E-state index is -0.316. The molecule has 1 aromatic carbocycles. The fourth-order valence-electron chi connectivity index (χ4n) is 0.635. The number of nitrogens with zero attached hydrogens (tertiary/aromatic N) is 1. The Balaban J connectivity index is 3.23. The lowest BCUT2D eigenvalue weighted by Crippen LogP contribution is -1.97. The van der Waals surface area contributed by atoms with E-state index in [2.05, 4.69) is 9.24 Å². The number of hydrogen-bond donors (Lipinski definition) is 0. The van der Waals surface area contributed by atoms with Gasteiger partial charge in [-0.3, -0.25) is 0 Å². The number of hydrogen-bond acceptors (Lipinski definition) is 1. The van der Waals surface area contributed by atoms with Crippen LogP contribution in [0.2, 0.25) is 0 Å². The first kappa shape index (κ1) is 7.18. The van der Waals surface area contributed by atoms with E-state index in [1.807, 2.05) is 6.07 Å². The normalized spacial score (nSPS) is 8.90. The maximum atomic E-state index is 12.4. The number of benzene rings is 1. The van der Waals surface area contributed by atoms with Crippen molar-refractivity contribution < 1.29 is 4.39 Å². The topological polar surface area (TPSA) is 23.8 Å².